The Morgan fingerprint density at radius 2 is 1.64 bits per heavy atom. The van der Waals surface area contributed by atoms with Crippen molar-refractivity contribution in [2.75, 3.05) is 6.61 Å². The molecule has 0 aromatic heterocycles. The van der Waals surface area contributed by atoms with E-state index < -0.39 is 0 Å². The number of esters is 1. The number of carbonyl (C=O) groups excluding carboxylic acids is 1. The van der Waals surface area contributed by atoms with Crippen LogP contribution in [0, 0.1) is 5.92 Å². The largest absolute Gasteiger partial charge is 0.466 e. The number of carbonyl (C=O) groups is 1. The van der Waals surface area contributed by atoms with E-state index in [9.17, 15) is 4.79 Å². The summed E-state index contributed by atoms with van der Waals surface area (Å²) in [5.74, 6) is 1.21. The van der Waals surface area contributed by atoms with E-state index in [1.165, 1.54) is 16.7 Å². The van der Waals surface area contributed by atoms with Crippen LogP contribution >= 0.6 is 0 Å². The maximum atomic E-state index is 12.4. The van der Waals surface area contributed by atoms with Gasteiger partial charge in [0.25, 0.3) is 0 Å². The molecule has 1 fully saturated rings. The van der Waals surface area contributed by atoms with E-state index in [1.807, 2.05) is 13.0 Å². The van der Waals surface area contributed by atoms with Crippen LogP contribution in [0.4, 0.5) is 0 Å². The fraction of sp³-hybridized carbons (Fsp3) is 0.350. The second kappa shape index (κ2) is 5.28. The molecular formula is C20H20O2. The molecule has 0 amide bonds. The molecular weight excluding hydrogens is 272 g/mol. The van der Waals surface area contributed by atoms with Crippen molar-refractivity contribution in [2.45, 2.75) is 31.1 Å². The molecule has 2 heteroatoms. The van der Waals surface area contributed by atoms with Crippen LogP contribution in [0.25, 0.3) is 0 Å². The van der Waals surface area contributed by atoms with Crippen molar-refractivity contribution in [1.29, 1.82) is 0 Å². The van der Waals surface area contributed by atoms with Gasteiger partial charge in [0, 0.05) is 5.92 Å². The monoisotopic (exact) mass is 292 g/mol. The van der Waals surface area contributed by atoms with Crippen molar-refractivity contribution < 1.29 is 9.53 Å². The van der Waals surface area contributed by atoms with Crippen molar-refractivity contribution in [3.8, 4) is 0 Å². The van der Waals surface area contributed by atoms with Gasteiger partial charge in [0.15, 0.2) is 0 Å². The Labute approximate surface area is 131 Å². The Balaban J connectivity index is 1.73. The first-order chi connectivity index (χ1) is 10.8. The third-order valence-corrected chi connectivity index (χ3v) is 5.29. The number of ether oxygens (including phenoxy) is 1. The molecule has 22 heavy (non-hydrogen) atoms. The van der Waals surface area contributed by atoms with Crippen LogP contribution < -0.4 is 0 Å². The van der Waals surface area contributed by atoms with Crippen LogP contribution in [-0.2, 0) is 9.53 Å². The molecule has 2 aromatic rings. The molecule has 2 nitrogen and oxygen atoms in total. The van der Waals surface area contributed by atoms with Gasteiger partial charge in [0.2, 0.25) is 0 Å². The minimum Gasteiger partial charge on any atom is -0.466 e. The first-order valence-corrected chi connectivity index (χ1v) is 8.11. The summed E-state index contributed by atoms with van der Waals surface area (Å²) in [5, 5.41) is 0. The fourth-order valence-electron chi connectivity index (χ4n) is 4.45. The van der Waals surface area contributed by atoms with Crippen LogP contribution in [-0.4, -0.2) is 12.6 Å². The van der Waals surface area contributed by atoms with E-state index in [4.69, 9.17) is 4.74 Å². The van der Waals surface area contributed by atoms with E-state index in [2.05, 4.69) is 48.5 Å². The van der Waals surface area contributed by atoms with Crippen molar-refractivity contribution in [1.82, 2.24) is 0 Å². The third-order valence-electron chi connectivity index (χ3n) is 5.29. The quantitative estimate of drug-likeness (QED) is 0.791. The molecule has 2 aliphatic carbocycles. The average Bonchev–Trinajstić information content (AvgIpc) is 2.89. The first-order valence-electron chi connectivity index (χ1n) is 8.11. The van der Waals surface area contributed by atoms with Gasteiger partial charge in [-0.2, -0.15) is 0 Å². The van der Waals surface area contributed by atoms with Crippen LogP contribution in [0.3, 0.4) is 0 Å². The zero-order valence-electron chi connectivity index (χ0n) is 12.7. The second-order valence-corrected chi connectivity index (χ2v) is 6.29. The Kier molecular flexibility index (Phi) is 3.25. The van der Waals surface area contributed by atoms with Gasteiger partial charge in [-0.15, -0.1) is 0 Å². The van der Waals surface area contributed by atoms with Crippen LogP contribution in [0.1, 0.15) is 47.8 Å². The molecule has 0 bridgehead atoms. The lowest BCUT2D eigenvalue weighted by Crippen LogP contribution is -2.29. The Hall–Kier alpha value is -2.09. The Bertz CT molecular complexity index is 692. The van der Waals surface area contributed by atoms with Gasteiger partial charge in [0.1, 0.15) is 0 Å². The highest BCUT2D eigenvalue weighted by Crippen LogP contribution is 2.64. The van der Waals surface area contributed by atoms with Crippen LogP contribution in [0.2, 0.25) is 0 Å². The maximum absolute atomic E-state index is 12.4. The number of hydrogen-bond acceptors (Lipinski definition) is 2. The summed E-state index contributed by atoms with van der Waals surface area (Å²) in [7, 11) is 0. The summed E-state index contributed by atoms with van der Waals surface area (Å²) in [6.45, 7) is 2.35. The molecule has 0 N–H and O–H groups in total. The topological polar surface area (TPSA) is 26.3 Å². The van der Waals surface area contributed by atoms with Gasteiger partial charge in [-0.05, 0) is 41.9 Å². The summed E-state index contributed by atoms with van der Waals surface area (Å²) in [6, 6.07) is 19.2. The highest BCUT2D eigenvalue weighted by molar-refractivity contribution is 5.77. The Morgan fingerprint density at radius 1 is 1.00 bits per heavy atom. The predicted molar refractivity (Wildman–Crippen MR) is 85.8 cm³/mol. The Morgan fingerprint density at radius 3 is 2.32 bits per heavy atom. The molecule has 0 heterocycles. The van der Waals surface area contributed by atoms with Crippen molar-refractivity contribution in [3.63, 3.8) is 0 Å². The lowest BCUT2D eigenvalue weighted by Gasteiger charge is -2.39. The first kappa shape index (κ1) is 13.6. The normalized spacial score (nSPS) is 28.4. The molecule has 0 aliphatic heterocycles. The SMILES string of the molecule is CCOC(=O)C1CC(c2ccccc2)C2c3ccccc3C12. The molecule has 4 unspecified atom stereocenters. The van der Waals surface area contributed by atoms with Gasteiger partial charge in [-0.25, -0.2) is 0 Å². The lowest BCUT2D eigenvalue weighted by atomic mass is 9.64. The summed E-state index contributed by atoms with van der Waals surface area (Å²) >= 11 is 0. The van der Waals surface area contributed by atoms with E-state index >= 15 is 0 Å². The lowest BCUT2D eigenvalue weighted by molar-refractivity contribution is -0.148. The van der Waals surface area contributed by atoms with Gasteiger partial charge in [0.05, 0.1) is 12.5 Å². The number of hydrogen-bond donors (Lipinski definition) is 0. The van der Waals surface area contributed by atoms with Crippen LogP contribution in [0.15, 0.2) is 54.6 Å². The molecule has 0 saturated heterocycles. The molecule has 1 saturated carbocycles. The number of rotatable bonds is 3. The van der Waals surface area contributed by atoms with E-state index in [0.717, 1.165) is 6.42 Å². The van der Waals surface area contributed by atoms with Gasteiger partial charge in [-0.3, -0.25) is 4.79 Å². The minimum absolute atomic E-state index is 0.00468. The maximum Gasteiger partial charge on any atom is 0.309 e. The number of benzene rings is 2. The standard InChI is InChI=1S/C20H20O2/c1-2-22-20(21)17-12-16(13-8-4-3-5-9-13)18-14-10-6-7-11-15(14)19(17)18/h3-11,16-19H,2,12H2,1H3. The van der Waals surface area contributed by atoms with E-state index in [-0.39, 0.29) is 11.9 Å². The van der Waals surface area contributed by atoms with Gasteiger partial charge < -0.3 is 4.74 Å². The van der Waals surface area contributed by atoms with E-state index in [1.54, 1.807) is 0 Å². The fourth-order valence-corrected chi connectivity index (χ4v) is 4.45. The smallest absolute Gasteiger partial charge is 0.309 e. The summed E-state index contributed by atoms with van der Waals surface area (Å²) < 4.78 is 5.34. The molecule has 0 radical (unpaired) electrons. The average molecular weight is 292 g/mol. The second-order valence-electron chi connectivity index (χ2n) is 6.29. The van der Waals surface area contributed by atoms with Crippen LogP contribution in [0.5, 0.6) is 0 Å². The summed E-state index contributed by atoms with van der Waals surface area (Å²) in [4.78, 5) is 12.4. The highest BCUT2D eigenvalue weighted by atomic mass is 16.5. The molecule has 112 valence electrons. The minimum atomic E-state index is -0.0227. The van der Waals surface area contributed by atoms with Crippen molar-refractivity contribution >= 4 is 5.97 Å². The van der Waals surface area contributed by atoms with E-state index in [0.29, 0.717) is 24.4 Å². The molecule has 4 rings (SSSR count). The molecule has 2 aromatic carbocycles. The zero-order chi connectivity index (χ0) is 15.1. The molecule has 4 atom stereocenters. The summed E-state index contributed by atoms with van der Waals surface area (Å²) in [6.07, 6.45) is 0.896. The van der Waals surface area contributed by atoms with Crippen molar-refractivity contribution in [2.24, 2.45) is 5.92 Å². The third kappa shape index (κ3) is 1.90. The zero-order valence-corrected chi connectivity index (χ0v) is 12.7. The molecule has 0 spiro atoms. The highest BCUT2D eigenvalue weighted by Gasteiger charge is 2.55. The van der Waals surface area contributed by atoms with Crippen molar-refractivity contribution in [3.05, 3.63) is 71.3 Å². The number of fused-ring (bicyclic) bond motifs is 4. The van der Waals surface area contributed by atoms with Gasteiger partial charge >= 0.3 is 5.97 Å². The molecule has 2 aliphatic rings. The predicted octanol–water partition coefficient (Wildman–Crippen LogP) is 4.23. The van der Waals surface area contributed by atoms with Gasteiger partial charge in [-0.1, -0.05) is 54.6 Å². The summed E-state index contributed by atoms with van der Waals surface area (Å²) in [5.41, 5.74) is 4.12.